The highest BCUT2D eigenvalue weighted by atomic mass is 35.5. The summed E-state index contributed by atoms with van der Waals surface area (Å²) >= 11 is 3.82. The number of pyridine rings is 1. The van der Waals surface area contributed by atoms with E-state index < -0.39 is 29.0 Å². The van der Waals surface area contributed by atoms with E-state index in [1.165, 1.54) is 19.4 Å². The van der Waals surface area contributed by atoms with E-state index in [1.54, 1.807) is 12.1 Å². The quantitative estimate of drug-likeness (QED) is 0.235. The Morgan fingerprint density at radius 1 is 1.30 bits per heavy atom. The molecule has 0 spiro atoms. The van der Waals surface area contributed by atoms with E-state index in [2.05, 4.69) is 9.71 Å². The normalized spacial score (nSPS) is 13.2. The lowest BCUT2D eigenvalue weighted by molar-refractivity contribution is 0.221. The van der Waals surface area contributed by atoms with E-state index in [9.17, 15) is 13.0 Å². The van der Waals surface area contributed by atoms with Crippen molar-refractivity contribution < 1.29 is 26.7 Å². The summed E-state index contributed by atoms with van der Waals surface area (Å²) in [4.78, 5) is 4.16. The van der Waals surface area contributed by atoms with Gasteiger partial charge in [0.2, 0.25) is 17.0 Å². The molecule has 2 aromatic carbocycles. The Labute approximate surface area is 194 Å². The van der Waals surface area contributed by atoms with Crippen molar-refractivity contribution in [3.8, 4) is 16.9 Å². The Kier molecular flexibility index (Phi) is 6.61. The van der Waals surface area contributed by atoms with Crippen molar-refractivity contribution >= 4 is 39.7 Å². The molecule has 1 unspecified atom stereocenters. The standard InChI is InChI=1S/C22H18ClF2N3O4S/c1-11(18-16(24)5-6-17(25)19(18)23)32-21-20-14(9-27-22(21)26)15(10-31-20)13-4-2-3-12(7-13)8-28-33(29)30/h2-7,9-11,28H,8H2,1H3,(H2,26,27)(H,29,30)/t11-/m1/s1. The number of anilines is 1. The summed E-state index contributed by atoms with van der Waals surface area (Å²) in [6.45, 7) is 1.69. The maximum absolute atomic E-state index is 14.3. The van der Waals surface area contributed by atoms with Gasteiger partial charge in [0.1, 0.15) is 17.7 Å². The number of hydrogen-bond acceptors (Lipinski definition) is 5. The van der Waals surface area contributed by atoms with Gasteiger partial charge < -0.3 is 14.9 Å². The SMILES string of the molecule is C[C@@H](Oc1c(N)ncc2c(-c3cccc(CNS(=O)O)c3)coc12)c1c(F)ccc(F)c1Cl. The number of nitrogens with one attached hydrogen (secondary N) is 1. The lowest BCUT2D eigenvalue weighted by Gasteiger charge is -2.18. The number of aromatic nitrogens is 1. The predicted octanol–water partition coefficient (Wildman–Crippen LogP) is 5.37. The van der Waals surface area contributed by atoms with Crippen molar-refractivity contribution in [3.63, 3.8) is 0 Å². The number of rotatable bonds is 7. The van der Waals surface area contributed by atoms with Gasteiger partial charge in [0, 0.05) is 23.9 Å². The number of furan rings is 1. The van der Waals surface area contributed by atoms with Crippen LogP contribution >= 0.6 is 11.6 Å². The Balaban J connectivity index is 1.72. The van der Waals surface area contributed by atoms with Gasteiger partial charge in [-0.25, -0.2) is 22.7 Å². The summed E-state index contributed by atoms with van der Waals surface area (Å²) in [5.74, 6) is -1.42. The van der Waals surface area contributed by atoms with Crippen LogP contribution in [0.4, 0.5) is 14.6 Å². The molecule has 7 nitrogen and oxygen atoms in total. The van der Waals surface area contributed by atoms with Crippen molar-refractivity contribution in [3.05, 3.63) is 76.6 Å². The van der Waals surface area contributed by atoms with Gasteiger partial charge in [-0.15, -0.1) is 0 Å². The molecule has 0 aliphatic heterocycles. The van der Waals surface area contributed by atoms with E-state index >= 15 is 0 Å². The van der Waals surface area contributed by atoms with Crippen LogP contribution in [-0.2, 0) is 17.8 Å². The van der Waals surface area contributed by atoms with E-state index in [1.807, 2.05) is 12.1 Å². The minimum atomic E-state index is -2.13. The largest absolute Gasteiger partial charge is 0.478 e. The highest BCUT2D eigenvalue weighted by Crippen LogP contribution is 2.40. The third-order valence-electron chi connectivity index (χ3n) is 5.02. The average molecular weight is 494 g/mol. The van der Waals surface area contributed by atoms with Crippen molar-refractivity contribution in [2.45, 2.75) is 19.6 Å². The number of fused-ring (bicyclic) bond motifs is 1. The van der Waals surface area contributed by atoms with Crippen LogP contribution in [0.2, 0.25) is 5.02 Å². The zero-order valence-electron chi connectivity index (χ0n) is 17.1. The molecule has 33 heavy (non-hydrogen) atoms. The molecule has 0 bridgehead atoms. The number of ether oxygens (including phenoxy) is 1. The molecule has 2 aromatic heterocycles. The van der Waals surface area contributed by atoms with Crippen LogP contribution in [0, 0.1) is 11.6 Å². The topological polar surface area (TPSA) is 111 Å². The molecule has 2 atom stereocenters. The molecule has 0 saturated heterocycles. The smallest absolute Gasteiger partial charge is 0.232 e. The summed E-state index contributed by atoms with van der Waals surface area (Å²) in [5.41, 5.74) is 8.34. The van der Waals surface area contributed by atoms with Crippen molar-refractivity contribution in [2.75, 3.05) is 5.73 Å². The molecule has 172 valence electrons. The van der Waals surface area contributed by atoms with Crippen LogP contribution in [0.5, 0.6) is 5.75 Å². The van der Waals surface area contributed by atoms with Crippen LogP contribution in [0.25, 0.3) is 22.1 Å². The fraction of sp³-hybridized carbons (Fsp3) is 0.136. The Bertz CT molecular complexity index is 1370. The second-order valence-corrected chi connectivity index (χ2v) is 8.32. The Morgan fingerprint density at radius 3 is 2.82 bits per heavy atom. The van der Waals surface area contributed by atoms with Crippen LogP contribution in [-0.4, -0.2) is 13.7 Å². The van der Waals surface area contributed by atoms with Crippen molar-refractivity contribution in [1.29, 1.82) is 0 Å². The maximum Gasteiger partial charge on any atom is 0.232 e. The Hall–Kier alpha value is -3.05. The number of nitrogens with two attached hydrogens (primary N) is 1. The number of halogens is 3. The van der Waals surface area contributed by atoms with Gasteiger partial charge >= 0.3 is 0 Å². The van der Waals surface area contributed by atoms with Gasteiger partial charge in [0.15, 0.2) is 11.4 Å². The zero-order valence-corrected chi connectivity index (χ0v) is 18.7. The first-order chi connectivity index (χ1) is 15.8. The van der Waals surface area contributed by atoms with Crippen LogP contribution in [0.15, 0.2) is 53.3 Å². The second kappa shape index (κ2) is 9.44. The molecule has 4 N–H and O–H groups in total. The van der Waals surface area contributed by atoms with Crippen molar-refractivity contribution in [1.82, 2.24) is 9.71 Å². The number of nitrogens with zero attached hydrogens (tertiary/aromatic N) is 1. The summed E-state index contributed by atoms with van der Waals surface area (Å²) in [7, 11) is 0. The third kappa shape index (κ3) is 4.69. The molecule has 0 aliphatic rings. The second-order valence-electron chi connectivity index (χ2n) is 7.15. The maximum atomic E-state index is 14.3. The molecule has 0 saturated carbocycles. The van der Waals surface area contributed by atoms with Crippen molar-refractivity contribution in [2.24, 2.45) is 0 Å². The average Bonchev–Trinajstić information content (AvgIpc) is 3.22. The third-order valence-corrected chi connectivity index (χ3v) is 5.79. The summed E-state index contributed by atoms with van der Waals surface area (Å²) in [5, 5.41) is 0.198. The monoisotopic (exact) mass is 493 g/mol. The minimum absolute atomic E-state index is 0.00607. The lowest BCUT2D eigenvalue weighted by Crippen LogP contribution is -2.15. The number of hydrogen-bond donors (Lipinski definition) is 3. The molecule has 2 heterocycles. The summed E-state index contributed by atoms with van der Waals surface area (Å²) in [6, 6.07) is 9.17. The lowest BCUT2D eigenvalue weighted by atomic mass is 10.0. The minimum Gasteiger partial charge on any atom is -0.478 e. The highest BCUT2D eigenvalue weighted by Gasteiger charge is 2.23. The van der Waals surface area contributed by atoms with Crippen LogP contribution in [0.1, 0.15) is 24.2 Å². The number of benzene rings is 2. The first-order valence-electron chi connectivity index (χ1n) is 9.65. The van der Waals surface area contributed by atoms with Gasteiger partial charge in [0.05, 0.1) is 16.7 Å². The summed E-state index contributed by atoms with van der Waals surface area (Å²) in [6.07, 6.45) is 2.02. The Morgan fingerprint density at radius 2 is 2.06 bits per heavy atom. The van der Waals surface area contributed by atoms with Gasteiger partial charge in [-0.05, 0) is 36.2 Å². The molecule has 0 aliphatic carbocycles. The molecular weight excluding hydrogens is 476 g/mol. The van der Waals surface area contributed by atoms with Gasteiger partial charge in [-0.3, -0.25) is 4.55 Å². The van der Waals surface area contributed by atoms with Crippen LogP contribution < -0.4 is 15.2 Å². The fourth-order valence-electron chi connectivity index (χ4n) is 3.46. The van der Waals surface area contributed by atoms with Gasteiger partial charge in [-0.2, -0.15) is 0 Å². The molecular formula is C22H18ClF2N3O4S. The molecule has 11 heteroatoms. The number of nitrogen functional groups attached to an aromatic ring is 1. The molecule has 0 radical (unpaired) electrons. The molecule has 0 amide bonds. The molecule has 4 rings (SSSR count). The predicted molar refractivity (Wildman–Crippen MR) is 122 cm³/mol. The molecule has 4 aromatic rings. The van der Waals surface area contributed by atoms with Crippen LogP contribution in [0.3, 0.4) is 0 Å². The first-order valence-corrected chi connectivity index (χ1v) is 11.1. The first kappa shape index (κ1) is 23.1. The van der Waals surface area contributed by atoms with Gasteiger partial charge in [0.25, 0.3) is 0 Å². The van der Waals surface area contributed by atoms with Gasteiger partial charge in [-0.1, -0.05) is 29.8 Å². The highest BCUT2D eigenvalue weighted by molar-refractivity contribution is 7.77. The summed E-state index contributed by atoms with van der Waals surface area (Å²) < 4.78 is 62.0. The van der Waals surface area contributed by atoms with E-state index in [0.29, 0.717) is 10.9 Å². The van der Waals surface area contributed by atoms with E-state index in [-0.39, 0.29) is 34.3 Å². The molecule has 0 fully saturated rings. The van der Waals surface area contributed by atoms with E-state index in [0.717, 1.165) is 23.3 Å². The fourth-order valence-corrected chi connectivity index (χ4v) is 4.06. The van der Waals surface area contributed by atoms with E-state index in [4.69, 9.17) is 31.0 Å². The zero-order chi connectivity index (χ0) is 23.7.